The first kappa shape index (κ1) is 13.4. The van der Waals surface area contributed by atoms with Crippen molar-refractivity contribution in [2.45, 2.75) is 13.0 Å². The summed E-state index contributed by atoms with van der Waals surface area (Å²) in [6.45, 7) is -0.0315. The molecule has 21 heavy (non-hydrogen) atoms. The molecule has 0 aliphatic rings. The maximum atomic E-state index is 11.6. The summed E-state index contributed by atoms with van der Waals surface area (Å²) >= 11 is 1.54. The van der Waals surface area contributed by atoms with E-state index in [1.54, 1.807) is 29.8 Å². The van der Waals surface area contributed by atoms with Crippen LogP contribution >= 0.6 is 11.3 Å². The second-order valence-corrected chi connectivity index (χ2v) is 5.00. The minimum Gasteiger partial charge on any atom is -0.455 e. The third-order valence-corrected chi connectivity index (χ3v) is 3.41. The first-order valence-corrected chi connectivity index (χ1v) is 7.15. The molecule has 3 aromatic heterocycles. The van der Waals surface area contributed by atoms with E-state index in [2.05, 4.69) is 15.1 Å². The normalized spacial score (nSPS) is 10.5. The molecule has 0 N–H and O–H groups in total. The van der Waals surface area contributed by atoms with E-state index in [0.717, 1.165) is 11.1 Å². The van der Waals surface area contributed by atoms with Gasteiger partial charge in [0.2, 0.25) is 5.82 Å². The summed E-state index contributed by atoms with van der Waals surface area (Å²) in [7, 11) is 0. The van der Waals surface area contributed by atoms with Crippen LogP contribution < -0.4 is 0 Å². The van der Waals surface area contributed by atoms with Crippen LogP contribution in [0.25, 0.3) is 11.4 Å². The van der Waals surface area contributed by atoms with E-state index in [1.165, 1.54) is 0 Å². The Hall–Kier alpha value is -2.54. The molecule has 0 atom stereocenters. The maximum absolute atomic E-state index is 11.6. The van der Waals surface area contributed by atoms with Gasteiger partial charge in [-0.2, -0.15) is 16.3 Å². The Labute approximate surface area is 124 Å². The van der Waals surface area contributed by atoms with Gasteiger partial charge in [0.25, 0.3) is 5.89 Å². The van der Waals surface area contributed by atoms with Gasteiger partial charge in [0, 0.05) is 18.0 Å². The van der Waals surface area contributed by atoms with Crippen LogP contribution in [-0.4, -0.2) is 21.1 Å². The van der Waals surface area contributed by atoms with Crippen LogP contribution in [0.15, 0.2) is 45.9 Å². The number of carbonyl (C=O) groups is 1. The molecular formula is C14H11N3O3S. The van der Waals surface area contributed by atoms with E-state index in [-0.39, 0.29) is 24.9 Å². The molecule has 0 amide bonds. The van der Waals surface area contributed by atoms with Gasteiger partial charge in [-0.3, -0.25) is 9.78 Å². The predicted molar refractivity (Wildman–Crippen MR) is 75.3 cm³/mol. The van der Waals surface area contributed by atoms with Gasteiger partial charge in [0.1, 0.15) is 0 Å². The molecule has 0 radical (unpaired) electrons. The van der Waals surface area contributed by atoms with Crippen LogP contribution in [0.2, 0.25) is 0 Å². The van der Waals surface area contributed by atoms with Gasteiger partial charge >= 0.3 is 5.97 Å². The van der Waals surface area contributed by atoms with Crippen LogP contribution in [0.5, 0.6) is 0 Å². The van der Waals surface area contributed by atoms with Crippen molar-refractivity contribution >= 4 is 17.3 Å². The van der Waals surface area contributed by atoms with Gasteiger partial charge in [-0.1, -0.05) is 5.16 Å². The fraction of sp³-hybridized carbons (Fsp3) is 0.143. The molecule has 0 aliphatic heterocycles. The average molecular weight is 301 g/mol. The van der Waals surface area contributed by atoms with Crippen LogP contribution in [0.4, 0.5) is 0 Å². The Morgan fingerprint density at radius 1 is 1.38 bits per heavy atom. The Bertz CT molecular complexity index is 710. The largest absolute Gasteiger partial charge is 0.455 e. The van der Waals surface area contributed by atoms with Gasteiger partial charge in [0.05, 0.1) is 6.42 Å². The number of thiophene rings is 1. The summed E-state index contributed by atoms with van der Waals surface area (Å²) in [5, 5.41) is 7.65. The Morgan fingerprint density at radius 3 is 3.10 bits per heavy atom. The third kappa shape index (κ3) is 3.51. The lowest BCUT2D eigenvalue weighted by molar-refractivity contribution is -0.144. The second kappa shape index (κ2) is 6.27. The molecule has 0 saturated carbocycles. The Balaban J connectivity index is 1.56. The maximum Gasteiger partial charge on any atom is 0.310 e. The smallest absolute Gasteiger partial charge is 0.310 e. The monoisotopic (exact) mass is 301 g/mol. The molecule has 0 aromatic carbocycles. The van der Waals surface area contributed by atoms with Crippen molar-refractivity contribution in [3.05, 3.63) is 52.8 Å². The fourth-order valence-electron chi connectivity index (χ4n) is 1.68. The fourth-order valence-corrected chi connectivity index (χ4v) is 2.35. The van der Waals surface area contributed by atoms with Crippen molar-refractivity contribution < 1.29 is 14.1 Å². The van der Waals surface area contributed by atoms with Gasteiger partial charge < -0.3 is 9.26 Å². The summed E-state index contributed by atoms with van der Waals surface area (Å²) in [5.74, 6) is 0.356. The zero-order valence-electron chi connectivity index (χ0n) is 10.9. The number of ether oxygens (including phenoxy) is 1. The summed E-state index contributed by atoms with van der Waals surface area (Å²) in [6, 6.07) is 5.50. The molecule has 0 spiro atoms. The highest BCUT2D eigenvalue weighted by Gasteiger charge is 2.11. The molecule has 3 rings (SSSR count). The predicted octanol–water partition coefficient (Wildman–Crippen LogP) is 2.48. The molecule has 0 bridgehead atoms. The van der Waals surface area contributed by atoms with E-state index < -0.39 is 0 Å². The quantitative estimate of drug-likeness (QED) is 0.674. The van der Waals surface area contributed by atoms with Crippen molar-refractivity contribution in [2.75, 3.05) is 0 Å². The van der Waals surface area contributed by atoms with Gasteiger partial charge in [-0.25, -0.2) is 0 Å². The van der Waals surface area contributed by atoms with E-state index in [4.69, 9.17) is 9.26 Å². The molecule has 0 saturated heterocycles. The van der Waals surface area contributed by atoms with Crippen LogP contribution in [0.3, 0.4) is 0 Å². The standard InChI is InChI=1S/C14H11N3O3S/c18-13(6-10-3-5-21-9-10)19-8-12-16-14(17-20-12)11-2-1-4-15-7-11/h1-5,7,9H,6,8H2. The lowest BCUT2D eigenvalue weighted by atomic mass is 10.2. The first-order chi connectivity index (χ1) is 10.3. The first-order valence-electron chi connectivity index (χ1n) is 6.21. The number of nitrogens with zero attached hydrogens (tertiary/aromatic N) is 3. The van der Waals surface area contributed by atoms with Crippen molar-refractivity contribution in [1.82, 2.24) is 15.1 Å². The van der Waals surface area contributed by atoms with Gasteiger partial charge in [-0.05, 0) is 34.5 Å². The molecule has 106 valence electrons. The average Bonchev–Trinajstić information content (AvgIpc) is 3.17. The van der Waals surface area contributed by atoms with E-state index in [0.29, 0.717) is 5.82 Å². The topological polar surface area (TPSA) is 78.1 Å². The number of carbonyl (C=O) groups excluding carboxylic acids is 1. The number of esters is 1. The molecule has 7 heteroatoms. The molecule has 3 aromatic rings. The zero-order valence-corrected chi connectivity index (χ0v) is 11.7. The van der Waals surface area contributed by atoms with Gasteiger partial charge in [-0.15, -0.1) is 0 Å². The number of hydrogen-bond acceptors (Lipinski definition) is 7. The summed E-state index contributed by atoms with van der Waals surface area (Å²) < 4.78 is 10.1. The number of hydrogen-bond donors (Lipinski definition) is 0. The molecule has 0 aliphatic carbocycles. The second-order valence-electron chi connectivity index (χ2n) is 4.22. The van der Waals surface area contributed by atoms with E-state index in [9.17, 15) is 4.79 Å². The van der Waals surface area contributed by atoms with E-state index >= 15 is 0 Å². The van der Waals surface area contributed by atoms with Crippen molar-refractivity contribution in [2.24, 2.45) is 0 Å². The highest BCUT2D eigenvalue weighted by molar-refractivity contribution is 7.07. The van der Waals surface area contributed by atoms with Crippen LogP contribution in [0.1, 0.15) is 11.5 Å². The number of pyridine rings is 1. The zero-order chi connectivity index (χ0) is 14.5. The van der Waals surface area contributed by atoms with Crippen molar-refractivity contribution in [3.8, 4) is 11.4 Å². The van der Waals surface area contributed by atoms with E-state index in [1.807, 2.05) is 22.9 Å². The minimum atomic E-state index is -0.325. The highest BCUT2D eigenvalue weighted by atomic mass is 32.1. The van der Waals surface area contributed by atoms with Crippen LogP contribution in [0, 0.1) is 0 Å². The SMILES string of the molecule is O=C(Cc1ccsc1)OCc1nc(-c2cccnc2)no1. The molecule has 6 nitrogen and oxygen atoms in total. The number of rotatable bonds is 5. The molecule has 0 unspecified atom stereocenters. The lowest BCUT2D eigenvalue weighted by Gasteiger charge is -1.99. The summed E-state index contributed by atoms with van der Waals surface area (Å²) in [4.78, 5) is 19.8. The third-order valence-electron chi connectivity index (χ3n) is 2.67. The van der Waals surface area contributed by atoms with Gasteiger partial charge in [0.15, 0.2) is 6.61 Å². The Morgan fingerprint density at radius 2 is 2.33 bits per heavy atom. The Kier molecular flexibility index (Phi) is 4.02. The summed E-state index contributed by atoms with van der Waals surface area (Å²) in [6.07, 6.45) is 3.54. The molecule has 0 fully saturated rings. The van der Waals surface area contributed by atoms with Crippen molar-refractivity contribution in [3.63, 3.8) is 0 Å². The highest BCUT2D eigenvalue weighted by Crippen LogP contribution is 2.14. The summed E-state index contributed by atoms with van der Waals surface area (Å²) in [5.41, 5.74) is 1.68. The van der Waals surface area contributed by atoms with Crippen molar-refractivity contribution in [1.29, 1.82) is 0 Å². The lowest BCUT2D eigenvalue weighted by Crippen LogP contribution is -2.07. The van der Waals surface area contributed by atoms with Crippen LogP contribution in [-0.2, 0) is 22.6 Å². The molecule has 3 heterocycles. The minimum absolute atomic E-state index is 0.0315. The molecular weight excluding hydrogens is 290 g/mol. The number of aromatic nitrogens is 3.